The third kappa shape index (κ3) is 5.39. The van der Waals surface area contributed by atoms with Gasteiger partial charge in [0.2, 0.25) is 0 Å². The fourth-order valence-corrected chi connectivity index (χ4v) is 1.87. The van der Waals surface area contributed by atoms with Gasteiger partial charge in [0.1, 0.15) is 12.2 Å². The van der Waals surface area contributed by atoms with E-state index in [1.165, 1.54) is 5.56 Å². The Kier molecular flexibility index (Phi) is 6.82. The Bertz CT molecular complexity index is 405. The molecule has 0 fully saturated rings. The minimum absolute atomic E-state index is 0.228. The maximum absolute atomic E-state index is 10.2. The highest BCUT2D eigenvalue weighted by Crippen LogP contribution is 2.28. The van der Waals surface area contributed by atoms with Gasteiger partial charge < -0.3 is 19.9 Å². The van der Waals surface area contributed by atoms with E-state index in [0.717, 1.165) is 19.4 Å². The zero-order valence-electron chi connectivity index (χ0n) is 13.0. The third-order valence-electron chi connectivity index (χ3n) is 3.11. The molecule has 2 N–H and O–H groups in total. The number of aryl methyl sites for hydroxylation is 1. The molecule has 0 saturated carbocycles. The zero-order chi connectivity index (χ0) is 15.0. The second-order valence-electron chi connectivity index (χ2n) is 5.30. The molecule has 4 heteroatoms. The average Bonchev–Trinajstić information content (AvgIpc) is 2.45. The number of hydrogen-bond donors (Lipinski definition) is 2. The van der Waals surface area contributed by atoms with Gasteiger partial charge in [0.15, 0.2) is 11.5 Å². The maximum Gasteiger partial charge on any atom is 0.161 e. The molecule has 0 amide bonds. The first-order valence-electron chi connectivity index (χ1n) is 7.25. The quantitative estimate of drug-likeness (QED) is 0.682. The smallest absolute Gasteiger partial charge is 0.161 e. The number of rotatable bonds is 9. The van der Waals surface area contributed by atoms with Gasteiger partial charge in [-0.2, -0.15) is 0 Å². The zero-order valence-corrected chi connectivity index (χ0v) is 13.0. The van der Waals surface area contributed by atoms with Crippen molar-refractivity contribution in [2.45, 2.75) is 39.2 Å². The first kappa shape index (κ1) is 16.8. The summed E-state index contributed by atoms with van der Waals surface area (Å²) in [5, 5.41) is 13.4. The summed E-state index contributed by atoms with van der Waals surface area (Å²) >= 11 is 0. The Morgan fingerprint density at radius 1 is 1.25 bits per heavy atom. The molecular formula is C16H27NO3. The molecule has 0 bridgehead atoms. The van der Waals surface area contributed by atoms with Crippen LogP contribution in [0.5, 0.6) is 11.5 Å². The fraction of sp³-hybridized carbons (Fsp3) is 0.625. The molecule has 0 heterocycles. The summed E-state index contributed by atoms with van der Waals surface area (Å²) in [7, 11) is 1.63. The van der Waals surface area contributed by atoms with Gasteiger partial charge in [0.25, 0.3) is 0 Å². The van der Waals surface area contributed by atoms with E-state index < -0.39 is 5.60 Å². The molecule has 0 aliphatic carbocycles. The van der Waals surface area contributed by atoms with E-state index in [1.807, 2.05) is 18.2 Å². The Morgan fingerprint density at radius 2 is 2.00 bits per heavy atom. The Labute approximate surface area is 122 Å². The van der Waals surface area contributed by atoms with Crippen molar-refractivity contribution >= 4 is 0 Å². The van der Waals surface area contributed by atoms with Crippen LogP contribution in [0.4, 0.5) is 0 Å². The number of methoxy groups -OCH3 is 1. The van der Waals surface area contributed by atoms with Crippen LogP contribution in [0.15, 0.2) is 18.2 Å². The van der Waals surface area contributed by atoms with Crippen molar-refractivity contribution in [1.29, 1.82) is 0 Å². The molecular weight excluding hydrogens is 254 g/mol. The Balaban J connectivity index is 2.60. The van der Waals surface area contributed by atoms with Crippen LogP contribution in [0.25, 0.3) is 0 Å². The van der Waals surface area contributed by atoms with Crippen LogP contribution >= 0.6 is 0 Å². The molecule has 20 heavy (non-hydrogen) atoms. The molecule has 1 aromatic rings. The van der Waals surface area contributed by atoms with Crippen LogP contribution in [0.3, 0.4) is 0 Å². The molecule has 0 saturated heterocycles. The Morgan fingerprint density at radius 3 is 2.60 bits per heavy atom. The van der Waals surface area contributed by atoms with Crippen molar-refractivity contribution in [3.8, 4) is 11.5 Å². The summed E-state index contributed by atoms with van der Waals surface area (Å²) < 4.78 is 11.0. The first-order valence-corrected chi connectivity index (χ1v) is 7.25. The van der Waals surface area contributed by atoms with Crippen molar-refractivity contribution in [1.82, 2.24) is 5.32 Å². The fourth-order valence-electron chi connectivity index (χ4n) is 1.87. The van der Waals surface area contributed by atoms with Crippen LogP contribution in [0.1, 0.15) is 32.8 Å². The van der Waals surface area contributed by atoms with Gasteiger partial charge in [-0.3, -0.25) is 0 Å². The highest BCUT2D eigenvalue weighted by molar-refractivity contribution is 5.43. The standard InChI is InChI=1S/C16H27NO3/c1-5-9-17-11-16(3,18)12-20-14-8-7-13(6-2)10-15(14)19-4/h7-8,10,17-18H,5-6,9,11-12H2,1-4H3. The first-order chi connectivity index (χ1) is 9.52. The average molecular weight is 281 g/mol. The summed E-state index contributed by atoms with van der Waals surface area (Å²) in [4.78, 5) is 0. The summed E-state index contributed by atoms with van der Waals surface area (Å²) in [5.74, 6) is 1.38. The van der Waals surface area contributed by atoms with Crippen LogP contribution < -0.4 is 14.8 Å². The summed E-state index contributed by atoms with van der Waals surface area (Å²) in [6.07, 6.45) is 2.00. The molecule has 0 spiro atoms. The van der Waals surface area contributed by atoms with Gasteiger partial charge >= 0.3 is 0 Å². The van der Waals surface area contributed by atoms with Gasteiger partial charge in [-0.15, -0.1) is 0 Å². The van der Waals surface area contributed by atoms with E-state index in [4.69, 9.17) is 9.47 Å². The van der Waals surface area contributed by atoms with Crippen molar-refractivity contribution in [3.05, 3.63) is 23.8 Å². The van der Waals surface area contributed by atoms with E-state index >= 15 is 0 Å². The number of nitrogens with one attached hydrogen (secondary N) is 1. The van der Waals surface area contributed by atoms with Crippen LogP contribution in [0, 0.1) is 0 Å². The highest BCUT2D eigenvalue weighted by Gasteiger charge is 2.21. The SMILES string of the molecule is CCCNCC(C)(O)COc1ccc(CC)cc1OC. The number of hydrogen-bond acceptors (Lipinski definition) is 4. The molecule has 4 nitrogen and oxygen atoms in total. The molecule has 1 rings (SSSR count). The van der Waals surface area contributed by atoms with Gasteiger partial charge in [0, 0.05) is 6.54 Å². The van der Waals surface area contributed by atoms with Crippen molar-refractivity contribution in [2.75, 3.05) is 26.8 Å². The number of benzene rings is 1. The largest absolute Gasteiger partial charge is 0.493 e. The van der Waals surface area contributed by atoms with Crippen molar-refractivity contribution < 1.29 is 14.6 Å². The molecule has 0 radical (unpaired) electrons. The van der Waals surface area contributed by atoms with Crippen LogP contribution in [-0.4, -0.2) is 37.5 Å². The highest BCUT2D eigenvalue weighted by atomic mass is 16.5. The lowest BCUT2D eigenvalue weighted by molar-refractivity contribution is 0.0117. The predicted octanol–water partition coefficient (Wildman–Crippen LogP) is 2.39. The molecule has 114 valence electrons. The lowest BCUT2D eigenvalue weighted by atomic mass is 10.1. The molecule has 0 aromatic heterocycles. The molecule has 0 aliphatic heterocycles. The van der Waals surface area contributed by atoms with Crippen LogP contribution in [0.2, 0.25) is 0 Å². The third-order valence-corrected chi connectivity index (χ3v) is 3.11. The second-order valence-corrected chi connectivity index (χ2v) is 5.30. The summed E-state index contributed by atoms with van der Waals surface area (Å²) in [6.45, 7) is 7.59. The predicted molar refractivity (Wildman–Crippen MR) is 81.7 cm³/mol. The second kappa shape index (κ2) is 8.12. The topological polar surface area (TPSA) is 50.7 Å². The van der Waals surface area contributed by atoms with E-state index in [-0.39, 0.29) is 6.61 Å². The van der Waals surface area contributed by atoms with Crippen molar-refractivity contribution in [3.63, 3.8) is 0 Å². The number of ether oxygens (including phenoxy) is 2. The molecule has 1 aromatic carbocycles. The normalized spacial score (nSPS) is 13.8. The van der Waals surface area contributed by atoms with E-state index in [0.29, 0.717) is 18.0 Å². The van der Waals surface area contributed by atoms with Gasteiger partial charge in [-0.05, 0) is 44.0 Å². The lowest BCUT2D eigenvalue weighted by Crippen LogP contribution is -2.43. The molecule has 1 atom stereocenters. The van der Waals surface area contributed by atoms with E-state index in [2.05, 4.69) is 19.2 Å². The summed E-state index contributed by atoms with van der Waals surface area (Å²) in [6, 6.07) is 5.88. The van der Waals surface area contributed by atoms with Gasteiger partial charge in [0.05, 0.1) is 7.11 Å². The Hall–Kier alpha value is -1.26. The van der Waals surface area contributed by atoms with E-state index in [9.17, 15) is 5.11 Å². The lowest BCUT2D eigenvalue weighted by Gasteiger charge is -2.24. The minimum atomic E-state index is -0.899. The monoisotopic (exact) mass is 281 g/mol. The minimum Gasteiger partial charge on any atom is -0.493 e. The number of aliphatic hydroxyl groups is 1. The van der Waals surface area contributed by atoms with Crippen LogP contribution in [-0.2, 0) is 6.42 Å². The van der Waals surface area contributed by atoms with E-state index in [1.54, 1.807) is 14.0 Å². The van der Waals surface area contributed by atoms with Crippen molar-refractivity contribution in [2.24, 2.45) is 0 Å². The summed E-state index contributed by atoms with van der Waals surface area (Å²) in [5.41, 5.74) is 0.300. The maximum atomic E-state index is 10.2. The van der Waals surface area contributed by atoms with Gasteiger partial charge in [-0.25, -0.2) is 0 Å². The molecule has 1 unspecified atom stereocenters. The van der Waals surface area contributed by atoms with Gasteiger partial charge in [-0.1, -0.05) is 19.9 Å². The molecule has 0 aliphatic rings.